The van der Waals surface area contributed by atoms with E-state index in [1.165, 1.54) is 37.8 Å². The van der Waals surface area contributed by atoms with Crippen LogP contribution in [-0.2, 0) is 14.8 Å². The van der Waals surface area contributed by atoms with Crippen molar-refractivity contribution in [1.82, 2.24) is 4.31 Å². The van der Waals surface area contributed by atoms with Crippen LogP contribution in [0.4, 0.5) is 5.69 Å². The van der Waals surface area contributed by atoms with E-state index in [2.05, 4.69) is 5.32 Å². The van der Waals surface area contributed by atoms with Gasteiger partial charge in [-0.2, -0.15) is 4.31 Å². The molecule has 0 atom stereocenters. The molecule has 10 heteroatoms. The predicted molar refractivity (Wildman–Crippen MR) is 127 cm³/mol. The Morgan fingerprint density at radius 3 is 2.24 bits per heavy atom. The Morgan fingerprint density at radius 1 is 0.970 bits per heavy atom. The highest BCUT2D eigenvalue weighted by Crippen LogP contribution is 2.33. The number of nitrogens with zero attached hydrogens (tertiary/aromatic N) is 1. The molecular formula is C23H29ClN2O6S. The van der Waals surface area contributed by atoms with E-state index in [0.717, 1.165) is 19.3 Å². The minimum Gasteiger partial charge on any atom is -0.495 e. The summed E-state index contributed by atoms with van der Waals surface area (Å²) in [6, 6.07) is 8.99. The average Bonchev–Trinajstić information content (AvgIpc) is 2.82. The van der Waals surface area contributed by atoms with E-state index in [4.69, 9.17) is 25.8 Å². The largest absolute Gasteiger partial charge is 0.495 e. The number of carbonyl (C=O) groups excluding carboxylic acids is 1. The molecule has 2 aromatic carbocycles. The molecule has 0 heterocycles. The number of hydrogen-bond donors (Lipinski definition) is 1. The molecule has 1 aliphatic carbocycles. The number of ether oxygens (including phenoxy) is 3. The third-order valence-corrected chi connectivity index (χ3v) is 7.81. The summed E-state index contributed by atoms with van der Waals surface area (Å²) in [6.07, 6.45) is 4.26. The minimum atomic E-state index is -3.99. The maximum Gasteiger partial charge on any atom is 0.243 e. The van der Waals surface area contributed by atoms with Crippen LogP contribution in [0.25, 0.3) is 0 Å². The molecule has 1 amide bonds. The van der Waals surface area contributed by atoms with Crippen molar-refractivity contribution in [1.29, 1.82) is 0 Å². The van der Waals surface area contributed by atoms with E-state index in [1.54, 1.807) is 24.3 Å². The number of carbonyl (C=O) groups is 1. The van der Waals surface area contributed by atoms with E-state index < -0.39 is 15.9 Å². The first-order valence-electron chi connectivity index (χ1n) is 10.7. The summed E-state index contributed by atoms with van der Waals surface area (Å²) >= 11 is 6.06. The van der Waals surface area contributed by atoms with Gasteiger partial charge >= 0.3 is 0 Å². The first-order chi connectivity index (χ1) is 15.8. The number of methoxy groups -OCH3 is 3. The van der Waals surface area contributed by atoms with Gasteiger partial charge in [0.05, 0.1) is 38.5 Å². The van der Waals surface area contributed by atoms with Gasteiger partial charge in [0, 0.05) is 17.1 Å². The van der Waals surface area contributed by atoms with E-state index in [-0.39, 0.29) is 17.5 Å². The van der Waals surface area contributed by atoms with Crippen molar-refractivity contribution in [2.75, 3.05) is 33.2 Å². The molecule has 0 saturated heterocycles. The molecule has 1 aliphatic rings. The van der Waals surface area contributed by atoms with Gasteiger partial charge in [-0.1, -0.05) is 30.9 Å². The summed E-state index contributed by atoms with van der Waals surface area (Å²) in [5.74, 6) is 0.673. The number of benzene rings is 2. The first-order valence-corrected chi connectivity index (χ1v) is 12.5. The number of sulfonamides is 1. The van der Waals surface area contributed by atoms with Crippen molar-refractivity contribution >= 4 is 33.2 Å². The molecule has 1 N–H and O–H groups in total. The number of amides is 1. The lowest BCUT2D eigenvalue weighted by molar-refractivity contribution is -0.116. The van der Waals surface area contributed by atoms with Crippen LogP contribution in [0.2, 0.25) is 5.02 Å². The van der Waals surface area contributed by atoms with E-state index in [0.29, 0.717) is 40.8 Å². The number of halogens is 1. The summed E-state index contributed by atoms with van der Waals surface area (Å²) in [6.45, 7) is -0.336. The fourth-order valence-electron chi connectivity index (χ4n) is 4.00. The smallest absolute Gasteiger partial charge is 0.243 e. The van der Waals surface area contributed by atoms with Gasteiger partial charge in [0.2, 0.25) is 15.9 Å². The van der Waals surface area contributed by atoms with Crippen molar-refractivity contribution in [3.8, 4) is 17.2 Å². The third-order valence-electron chi connectivity index (χ3n) is 5.68. The third kappa shape index (κ3) is 5.90. The minimum absolute atomic E-state index is 0.0406. The van der Waals surface area contributed by atoms with Crippen LogP contribution in [0.1, 0.15) is 32.1 Å². The normalized spacial score (nSPS) is 14.7. The lowest BCUT2D eigenvalue weighted by Gasteiger charge is -2.33. The Bertz CT molecular complexity index is 1090. The monoisotopic (exact) mass is 496 g/mol. The van der Waals surface area contributed by atoms with E-state index in [9.17, 15) is 13.2 Å². The van der Waals surface area contributed by atoms with E-state index in [1.807, 2.05) is 0 Å². The lowest BCUT2D eigenvalue weighted by atomic mass is 9.95. The van der Waals surface area contributed by atoms with Crippen molar-refractivity contribution < 1.29 is 27.4 Å². The molecule has 0 unspecified atom stereocenters. The van der Waals surface area contributed by atoms with Gasteiger partial charge in [0.1, 0.15) is 5.75 Å². The fraction of sp³-hybridized carbons (Fsp3) is 0.435. The molecule has 3 rings (SSSR count). The van der Waals surface area contributed by atoms with Gasteiger partial charge in [-0.15, -0.1) is 0 Å². The van der Waals surface area contributed by atoms with Gasteiger partial charge < -0.3 is 19.5 Å². The molecule has 0 aromatic heterocycles. The highest BCUT2D eigenvalue weighted by molar-refractivity contribution is 7.89. The summed E-state index contributed by atoms with van der Waals surface area (Å²) in [7, 11) is 0.415. The summed E-state index contributed by atoms with van der Waals surface area (Å²) in [5, 5.41) is 3.16. The second-order valence-electron chi connectivity index (χ2n) is 7.75. The maximum absolute atomic E-state index is 13.7. The Kier molecular flexibility index (Phi) is 8.45. The van der Waals surface area contributed by atoms with Gasteiger partial charge in [-0.3, -0.25) is 4.79 Å². The van der Waals surface area contributed by atoms with Crippen molar-refractivity contribution in [3.05, 3.63) is 41.4 Å². The average molecular weight is 497 g/mol. The zero-order valence-electron chi connectivity index (χ0n) is 19.0. The Morgan fingerprint density at radius 2 is 1.61 bits per heavy atom. The van der Waals surface area contributed by atoms with Crippen molar-refractivity contribution in [3.63, 3.8) is 0 Å². The number of nitrogens with one attached hydrogen (secondary N) is 1. The molecule has 180 valence electrons. The molecule has 0 radical (unpaired) electrons. The fourth-order valence-corrected chi connectivity index (χ4v) is 5.83. The van der Waals surface area contributed by atoms with Crippen LogP contribution in [-0.4, -0.2) is 52.5 Å². The zero-order valence-corrected chi connectivity index (χ0v) is 20.5. The van der Waals surface area contributed by atoms with Gasteiger partial charge in [0.25, 0.3) is 0 Å². The molecule has 33 heavy (non-hydrogen) atoms. The number of hydrogen-bond acceptors (Lipinski definition) is 6. The quantitative estimate of drug-likeness (QED) is 0.555. The molecule has 1 fully saturated rings. The zero-order chi connectivity index (χ0) is 24.0. The Balaban J connectivity index is 1.92. The summed E-state index contributed by atoms with van der Waals surface area (Å²) < 4.78 is 44.4. The second kappa shape index (κ2) is 11.1. The van der Waals surface area contributed by atoms with E-state index >= 15 is 0 Å². The van der Waals surface area contributed by atoms with Crippen LogP contribution in [0.3, 0.4) is 0 Å². The summed E-state index contributed by atoms with van der Waals surface area (Å²) in [5.41, 5.74) is 0.377. The van der Waals surface area contributed by atoms with Gasteiger partial charge in [-0.05, 0) is 43.2 Å². The van der Waals surface area contributed by atoms with Crippen LogP contribution in [0, 0.1) is 0 Å². The maximum atomic E-state index is 13.7. The molecule has 1 saturated carbocycles. The van der Waals surface area contributed by atoms with Crippen molar-refractivity contribution in [2.24, 2.45) is 0 Å². The Labute approximate surface area is 199 Å². The highest BCUT2D eigenvalue weighted by atomic mass is 35.5. The van der Waals surface area contributed by atoms with Crippen LogP contribution in [0.5, 0.6) is 17.2 Å². The standard InChI is InChI=1S/C23H29ClN2O6S/c1-30-20-11-9-16(24)13-19(20)25-23(27)15-26(17-7-5-4-6-8-17)33(28,29)18-10-12-21(31-2)22(14-18)32-3/h9-14,17H,4-8,15H2,1-3H3,(H,25,27). The molecular weight excluding hydrogens is 468 g/mol. The Hall–Kier alpha value is -2.49. The highest BCUT2D eigenvalue weighted by Gasteiger charge is 2.34. The number of rotatable bonds is 9. The molecule has 0 bridgehead atoms. The molecule has 2 aromatic rings. The SMILES string of the molecule is COc1ccc(Cl)cc1NC(=O)CN(C1CCCCC1)S(=O)(=O)c1ccc(OC)c(OC)c1. The van der Waals surface area contributed by atoms with Gasteiger partial charge in [0.15, 0.2) is 11.5 Å². The van der Waals surface area contributed by atoms with Crippen LogP contribution < -0.4 is 19.5 Å². The molecule has 0 aliphatic heterocycles. The van der Waals surface area contributed by atoms with Gasteiger partial charge in [-0.25, -0.2) is 8.42 Å². The number of anilines is 1. The molecule has 8 nitrogen and oxygen atoms in total. The first kappa shape index (κ1) is 25.1. The van der Waals surface area contributed by atoms with Crippen LogP contribution in [0.15, 0.2) is 41.3 Å². The lowest BCUT2D eigenvalue weighted by Crippen LogP contribution is -2.45. The molecule has 0 spiro atoms. The predicted octanol–water partition coefficient (Wildman–Crippen LogP) is 4.33. The van der Waals surface area contributed by atoms with Crippen molar-refractivity contribution in [2.45, 2.75) is 43.0 Å². The second-order valence-corrected chi connectivity index (χ2v) is 10.1. The summed E-state index contributed by atoms with van der Waals surface area (Å²) in [4.78, 5) is 13.0. The van der Waals surface area contributed by atoms with Crippen LogP contribution >= 0.6 is 11.6 Å². The topological polar surface area (TPSA) is 94.2 Å².